The number of hydrogen-bond donors (Lipinski definition) is 0. The molecule has 0 aromatic carbocycles. The molecule has 0 atom stereocenters. The van der Waals surface area contributed by atoms with Crippen LogP contribution >= 0.6 is 0 Å². The first-order chi connectivity index (χ1) is 8.71. The molecule has 0 heterocycles. The molecule has 0 spiro atoms. The highest BCUT2D eigenvalue weighted by Crippen LogP contribution is 2.57. The highest BCUT2D eigenvalue weighted by molar-refractivity contribution is 5.19. The predicted molar refractivity (Wildman–Crippen MR) is 36.2 cm³/mol. The zero-order valence-electron chi connectivity index (χ0n) is 8.87. The van der Waals surface area contributed by atoms with Crippen molar-refractivity contribution in [2.75, 3.05) is 0 Å². The first kappa shape index (κ1) is 20.0. The van der Waals surface area contributed by atoms with Crippen molar-refractivity contribution in [3.05, 3.63) is 6.42 Å². The van der Waals surface area contributed by atoms with E-state index in [1.807, 2.05) is 0 Å². The van der Waals surface area contributed by atoms with Gasteiger partial charge in [-0.15, -0.1) is 0 Å². The van der Waals surface area contributed by atoms with Gasteiger partial charge in [0.2, 0.25) is 0 Å². The SMILES string of the molecule is FC(F)(F)C(F)([CH]C(F)(C(F)(F)F)C(F)(F)F)C(F)(F)F. The second-order valence-electron chi connectivity index (χ2n) is 3.56. The molecule has 0 amide bonds. The minimum atomic E-state index is -7.31. The Labute approximate surface area is 105 Å². The van der Waals surface area contributed by atoms with Gasteiger partial charge >= 0.3 is 36.0 Å². The molecular weight excluding hydrogens is 350 g/mol. The van der Waals surface area contributed by atoms with Crippen LogP contribution in [-0.4, -0.2) is 36.0 Å². The first-order valence-corrected chi connectivity index (χ1v) is 4.22. The summed E-state index contributed by atoms with van der Waals surface area (Å²) >= 11 is 0. The van der Waals surface area contributed by atoms with Crippen LogP contribution in [0.5, 0.6) is 0 Å². The van der Waals surface area contributed by atoms with E-state index in [1.54, 1.807) is 0 Å². The smallest absolute Gasteiger partial charge is 0.223 e. The molecule has 0 aliphatic carbocycles. The van der Waals surface area contributed by atoms with Gasteiger partial charge in [-0.2, -0.15) is 52.7 Å². The van der Waals surface area contributed by atoms with E-state index in [0.29, 0.717) is 0 Å². The fraction of sp³-hybridized carbons (Fsp3) is 0.857. The summed E-state index contributed by atoms with van der Waals surface area (Å²) in [6.07, 6.45) is -32.4. The summed E-state index contributed by atoms with van der Waals surface area (Å²) in [5, 5.41) is 0. The van der Waals surface area contributed by atoms with Crippen molar-refractivity contribution in [3.63, 3.8) is 0 Å². The van der Waals surface area contributed by atoms with Crippen molar-refractivity contribution in [2.24, 2.45) is 0 Å². The van der Waals surface area contributed by atoms with E-state index < -0.39 is 42.5 Å². The van der Waals surface area contributed by atoms with Crippen LogP contribution in [-0.2, 0) is 0 Å². The van der Waals surface area contributed by atoms with Gasteiger partial charge in [0, 0.05) is 0 Å². The maximum atomic E-state index is 12.8. The summed E-state index contributed by atoms with van der Waals surface area (Å²) in [5.41, 5.74) is -14.3. The Morgan fingerprint density at radius 1 is 0.333 bits per heavy atom. The van der Waals surface area contributed by atoms with Crippen LogP contribution in [0.3, 0.4) is 0 Å². The van der Waals surface area contributed by atoms with Crippen LogP contribution in [0.1, 0.15) is 0 Å². The van der Waals surface area contributed by atoms with E-state index in [1.165, 1.54) is 0 Å². The van der Waals surface area contributed by atoms with Gasteiger partial charge in [0.1, 0.15) is 0 Å². The number of halogens is 14. The number of hydrogen-bond acceptors (Lipinski definition) is 0. The Kier molecular flexibility index (Phi) is 4.54. The summed E-state index contributed by atoms with van der Waals surface area (Å²) in [5.74, 6) is 0. The van der Waals surface area contributed by atoms with E-state index in [4.69, 9.17) is 0 Å². The minimum absolute atomic E-state index is 3.13. The van der Waals surface area contributed by atoms with E-state index >= 15 is 0 Å². The molecule has 127 valence electrons. The molecule has 0 aliphatic rings. The largest absolute Gasteiger partial charge is 0.432 e. The van der Waals surface area contributed by atoms with Crippen molar-refractivity contribution in [1.82, 2.24) is 0 Å². The van der Waals surface area contributed by atoms with Crippen LogP contribution < -0.4 is 0 Å². The van der Waals surface area contributed by atoms with Gasteiger partial charge in [0.05, 0.1) is 6.42 Å². The molecule has 0 rings (SSSR count). The van der Waals surface area contributed by atoms with Crippen LogP contribution in [0.4, 0.5) is 61.5 Å². The fourth-order valence-electron chi connectivity index (χ4n) is 0.923. The molecular formula is C7HF14. The van der Waals surface area contributed by atoms with E-state index in [9.17, 15) is 61.5 Å². The van der Waals surface area contributed by atoms with Gasteiger partial charge in [0.25, 0.3) is 0 Å². The third-order valence-corrected chi connectivity index (χ3v) is 2.05. The first-order valence-electron chi connectivity index (χ1n) is 4.22. The topological polar surface area (TPSA) is 0 Å². The van der Waals surface area contributed by atoms with Crippen molar-refractivity contribution < 1.29 is 61.5 Å². The normalized spacial score (nSPS) is 16.3. The highest BCUT2D eigenvalue weighted by atomic mass is 19.4. The maximum Gasteiger partial charge on any atom is 0.432 e. The van der Waals surface area contributed by atoms with E-state index in [-0.39, 0.29) is 0 Å². The molecule has 0 bridgehead atoms. The van der Waals surface area contributed by atoms with Crippen molar-refractivity contribution in [3.8, 4) is 0 Å². The molecule has 0 nitrogen and oxygen atoms in total. The van der Waals surface area contributed by atoms with Crippen LogP contribution in [0.25, 0.3) is 0 Å². The van der Waals surface area contributed by atoms with Crippen molar-refractivity contribution in [2.45, 2.75) is 36.0 Å². The maximum absolute atomic E-state index is 12.8. The lowest BCUT2D eigenvalue weighted by atomic mass is 9.87. The highest BCUT2D eigenvalue weighted by Gasteiger charge is 2.83. The Hall–Kier alpha value is -0.980. The summed E-state index contributed by atoms with van der Waals surface area (Å²) in [6.45, 7) is 0. The second kappa shape index (κ2) is 4.76. The Balaban J connectivity index is 6.15. The molecule has 0 saturated heterocycles. The molecule has 0 unspecified atom stereocenters. The van der Waals surface area contributed by atoms with E-state index in [0.717, 1.165) is 0 Å². The van der Waals surface area contributed by atoms with Gasteiger partial charge < -0.3 is 0 Å². The summed E-state index contributed by atoms with van der Waals surface area (Å²) in [4.78, 5) is 0. The van der Waals surface area contributed by atoms with Crippen LogP contribution in [0, 0.1) is 6.42 Å². The molecule has 14 heteroatoms. The Morgan fingerprint density at radius 2 is 0.476 bits per heavy atom. The van der Waals surface area contributed by atoms with Gasteiger partial charge in [-0.3, -0.25) is 0 Å². The number of rotatable bonds is 2. The van der Waals surface area contributed by atoms with Crippen molar-refractivity contribution >= 4 is 0 Å². The molecule has 21 heavy (non-hydrogen) atoms. The molecule has 0 aliphatic heterocycles. The summed E-state index contributed by atoms with van der Waals surface area (Å²) in [7, 11) is 0. The van der Waals surface area contributed by atoms with Gasteiger partial charge in [-0.05, 0) is 0 Å². The lowest BCUT2D eigenvalue weighted by molar-refractivity contribution is -0.367. The third-order valence-electron chi connectivity index (χ3n) is 2.05. The fourth-order valence-corrected chi connectivity index (χ4v) is 0.923. The van der Waals surface area contributed by atoms with E-state index in [2.05, 4.69) is 0 Å². The quantitative estimate of drug-likeness (QED) is 0.624. The molecule has 0 aromatic heterocycles. The lowest BCUT2D eigenvalue weighted by Gasteiger charge is -2.37. The molecule has 0 aromatic rings. The zero-order valence-corrected chi connectivity index (χ0v) is 8.87. The monoisotopic (exact) mass is 351 g/mol. The molecule has 0 fully saturated rings. The molecule has 0 saturated carbocycles. The predicted octanol–water partition coefficient (Wildman–Crippen LogP) is 4.86. The standard InChI is InChI=1S/C7HF14/c8-2(4(10,11)12,5(13,14)15)1-3(9,6(16,17)18)7(19,20)21/h1H. The minimum Gasteiger partial charge on any atom is -0.223 e. The van der Waals surface area contributed by atoms with Gasteiger partial charge in [-0.1, -0.05) is 0 Å². The van der Waals surface area contributed by atoms with Crippen LogP contribution in [0.2, 0.25) is 0 Å². The Morgan fingerprint density at radius 3 is 0.571 bits per heavy atom. The summed E-state index contributed by atoms with van der Waals surface area (Å²) < 4.78 is 168. The lowest BCUT2D eigenvalue weighted by Crippen LogP contribution is -2.64. The Bertz CT molecular complexity index is 299. The third kappa shape index (κ3) is 3.27. The summed E-state index contributed by atoms with van der Waals surface area (Å²) in [6, 6.07) is 0. The molecule has 0 N–H and O–H groups in total. The second-order valence-corrected chi connectivity index (χ2v) is 3.56. The molecule has 1 radical (unpaired) electrons. The van der Waals surface area contributed by atoms with Crippen molar-refractivity contribution in [1.29, 1.82) is 0 Å². The number of alkyl halides is 14. The average Bonchev–Trinajstić information content (AvgIpc) is 2.09. The average molecular weight is 351 g/mol. The zero-order chi connectivity index (χ0) is 17.7. The van der Waals surface area contributed by atoms with Gasteiger partial charge in [0.15, 0.2) is 0 Å². The van der Waals surface area contributed by atoms with Crippen LogP contribution in [0.15, 0.2) is 0 Å². The van der Waals surface area contributed by atoms with Gasteiger partial charge in [-0.25, -0.2) is 8.78 Å².